The Morgan fingerprint density at radius 2 is 2.03 bits per heavy atom. The fourth-order valence-corrected chi connectivity index (χ4v) is 4.41. The average molecular weight is 446 g/mol. The predicted octanol–water partition coefficient (Wildman–Crippen LogP) is 5.41. The number of amides is 1. The number of carbonyl (C=O) groups is 1. The minimum Gasteiger partial charge on any atom is -0.494 e. The van der Waals surface area contributed by atoms with Gasteiger partial charge in [-0.2, -0.15) is 5.10 Å². The summed E-state index contributed by atoms with van der Waals surface area (Å²) in [6, 6.07) is 7.83. The molecule has 1 saturated carbocycles. The monoisotopic (exact) mass is 445 g/mol. The molecule has 0 spiro atoms. The molecule has 0 bridgehead atoms. The van der Waals surface area contributed by atoms with Crippen molar-refractivity contribution in [1.82, 2.24) is 19.7 Å². The van der Waals surface area contributed by atoms with E-state index in [1.165, 1.54) is 19.1 Å². The molecule has 1 fully saturated rings. The zero-order chi connectivity index (χ0) is 22.9. The highest BCUT2D eigenvalue weighted by molar-refractivity contribution is 6.05. The van der Waals surface area contributed by atoms with Gasteiger partial charge in [-0.3, -0.25) is 14.5 Å². The zero-order valence-electron chi connectivity index (χ0n) is 19.0. The second-order valence-corrected chi connectivity index (χ2v) is 8.81. The minimum absolute atomic E-state index is 0.189. The van der Waals surface area contributed by atoms with E-state index in [2.05, 4.69) is 33.1 Å². The molecule has 3 heterocycles. The first-order chi connectivity index (χ1) is 16.0. The molecule has 1 amide bonds. The number of anilines is 1. The van der Waals surface area contributed by atoms with Crippen molar-refractivity contribution in [3.8, 4) is 17.2 Å². The number of hydrogen-bond acceptors (Lipinski definition) is 6. The quantitative estimate of drug-likeness (QED) is 0.441. The van der Waals surface area contributed by atoms with E-state index in [-0.39, 0.29) is 11.6 Å². The molecule has 0 aliphatic heterocycles. The van der Waals surface area contributed by atoms with Crippen LogP contribution in [0.15, 0.2) is 47.3 Å². The van der Waals surface area contributed by atoms with Gasteiger partial charge in [0.2, 0.25) is 5.89 Å². The van der Waals surface area contributed by atoms with Crippen LogP contribution in [0.4, 0.5) is 5.69 Å². The summed E-state index contributed by atoms with van der Waals surface area (Å²) in [6.07, 6.45) is 9.83. The topological polar surface area (TPSA) is 95.1 Å². The second-order valence-electron chi connectivity index (χ2n) is 8.81. The van der Waals surface area contributed by atoms with Crippen LogP contribution in [-0.2, 0) is 0 Å². The van der Waals surface area contributed by atoms with E-state index < -0.39 is 0 Å². The number of methoxy groups -OCH3 is 1. The van der Waals surface area contributed by atoms with E-state index in [9.17, 15) is 4.79 Å². The van der Waals surface area contributed by atoms with Crippen molar-refractivity contribution in [3.05, 3.63) is 54.3 Å². The number of benzene rings is 1. The van der Waals surface area contributed by atoms with Crippen LogP contribution in [0, 0.1) is 12.8 Å². The first-order valence-corrected chi connectivity index (χ1v) is 11.3. The summed E-state index contributed by atoms with van der Waals surface area (Å²) in [6.45, 7) is 4.20. The number of nitrogens with zero attached hydrogens (tertiary/aromatic N) is 4. The summed E-state index contributed by atoms with van der Waals surface area (Å²) in [5.41, 5.74) is 3.22. The van der Waals surface area contributed by atoms with Crippen LogP contribution in [0.5, 0.6) is 5.75 Å². The number of nitrogens with one attached hydrogen (secondary N) is 1. The van der Waals surface area contributed by atoms with Crippen molar-refractivity contribution >= 4 is 22.5 Å². The van der Waals surface area contributed by atoms with Gasteiger partial charge in [0.1, 0.15) is 12.0 Å². The Balaban J connectivity index is 1.38. The highest BCUT2D eigenvalue weighted by Gasteiger charge is 2.22. The first kappa shape index (κ1) is 21.2. The highest BCUT2D eigenvalue weighted by atomic mass is 16.5. The van der Waals surface area contributed by atoms with Crippen LogP contribution in [0.25, 0.3) is 22.4 Å². The number of oxazole rings is 1. The van der Waals surface area contributed by atoms with E-state index >= 15 is 0 Å². The second kappa shape index (κ2) is 8.69. The fourth-order valence-electron chi connectivity index (χ4n) is 4.41. The normalized spacial score (nSPS) is 18.4. The number of hydrogen-bond donors (Lipinski definition) is 1. The molecule has 0 unspecified atom stereocenters. The number of aryl methyl sites for hydroxylation is 1. The average Bonchev–Trinajstić information content (AvgIpc) is 3.46. The van der Waals surface area contributed by atoms with Crippen LogP contribution >= 0.6 is 0 Å². The molecule has 0 saturated heterocycles. The lowest BCUT2D eigenvalue weighted by Crippen LogP contribution is -2.16. The molecule has 8 heteroatoms. The van der Waals surface area contributed by atoms with Gasteiger partial charge in [-0.25, -0.2) is 4.98 Å². The lowest BCUT2D eigenvalue weighted by Gasteiger charge is -2.26. The molecule has 4 aromatic rings. The van der Waals surface area contributed by atoms with E-state index in [1.54, 1.807) is 19.4 Å². The molecular weight excluding hydrogens is 418 g/mol. The Morgan fingerprint density at radius 1 is 1.21 bits per heavy atom. The van der Waals surface area contributed by atoms with Crippen LogP contribution < -0.4 is 10.1 Å². The highest BCUT2D eigenvalue weighted by Crippen LogP contribution is 2.35. The molecule has 0 radical (unpaired) electrons. The minimum atomic E-state index is -0.373. The Morgan fingerprint density at radius 3 is 2.79 bits per heavy atom. The molecule has 1 aromatic carbocycles. The Hall–Kier alpha value is -3.68. The molecular formula is C25H27N5O3. The Kier molecular flexibility index (Phi) is 5.58. The SMILES string of the molecule is COc1cc2nn([C@H]3CC[C@H](C)CC3)cc2cc1NC(=O)c1coc(-c2ccnc(C)c2)n1. The largest absolute Gasteiger partial charge is 0.494 e. The molecule has 1 aliphatic carbocycles. The van der Waals surface area contributed by atoms with Gasteiger partial charge in [0.15, 0.2) is 5.69 Å². The smallest absolute Gasteiger partial charge is 0.277 e. The third kappa shape index (κ3) is 4.33. The third-order valence-corrected chi connectivity index (χ3v) is 6.33. The summed E-state index contributed by atoms with van der Waals surface area (Å²) < 4.78 is 13.1. The van der Waals surface area contributed by atoms with Gasteiger partial charge in [-0.05, 0) is 56.7 Å². The number of ether oxygens (including phenoxy) is 1. The fraction of sp³-hybridized carbons (Fsp3) is 0.360. The predicted molar refractivity (Wildman–Crippen MR) is 125 cm³/mol. The number of rotatable bonds is 5. The zero-order valence-corrected chi connectivity index (χ0v) is 19.0. The van der Waals surface area contributed by atoms with Crippen molar-refractivity contribution in [3.63, 3.8) is 0 Å². The Bertz CT molecular complexity index is 1300. The summed E-state index contributed by atoms with van der Waals surface area (Å²) in [4.78, 5) is 21.4. The van der Waals surface area contributed by atoms with Crippen molar-refractivity contribution in [2.24, 2.45) is 5.92 Å². The molecule has 8 nitrogen and oxygen atoms in total. The van der Waals surface area contributed by atoms with E-state index in [4.69, 9.17) is 14.3 Å². The van der Waals surface area contributed by atoms with Gasteiger partial charge in [0, 0.05) is 35.1 Å². The van der Waals surface area contributed by atoms with Gasteiger partial charge in [-0.1, -0.05) is 6.92 Å². The van der Waals surface area contributed by atoms with Gasteiger partial charge in [0.25, 0.3) is 5.91 Å². The lowest BCUT2D eigenvalue weighted by molar-refractivity contribution is 0.102. The molecule has 1 N–H and O–H groups in total. The van der Waals surface area contributed by atoms with Crippen molar-refractivity contribution < 1.29 is 13.9 Å². The first-order valence-electron chi connectivity index (χ1n) is 11.3. The molecule has 170 valence electrons. The van der Waals surface area contributed by atoms with Crippen LogP contribution in [-0.4, -0.2) is 32.8 Å². The van der Waals surface area contributed by atoms with E-state index in [0.29, 0.717) is 23.4 Å². The maximum absolute atomic E-state index is 12.9. The Labute approximate surface area is 192 Å². The van der Waals surface area contributed by atoms with Gasteiger partial charge < -0.3 is 14.5 Å². The number of carbonyl (C=O) groups excluding carboxylic acids is 1. The van der Waals surface area contributed by atoms with Gasteiger partial charge in [-0.15, -0.1) is 0 Å². The standard InChI is InChI=1S/C25H27N5O3/c1-15-4-6-19(7-5-15)30-13-18-11-21(23(32-3)12-20(18)29-30)27-24(31)22-14-33-25(28-22)17-8-9-26-16(2)10-17/h8-15,19H,4-7H2,1-3H3,(H,27,31)/t15-,19-. The maximum Gasteiger partial charge on any atom is 0.277 e. The molecule has 33 heavy (non-hydrogen) atoms. The maximum atomic E-state index is 12.9. The number of pyridine rings is 1. The van der Waals surface area contributed by atoms with Crippen molar-refractivity contribution in [2.45, 2.75) is 45.6 Å². The molecule has 5 rings (SSSR count). The van der Waals surface area contributed by atoms with Crippen molar-refractivity contribution in [2.75, 3.05) is 12.4 Å². The van der Waals surface area contributed by atoms with Crippen molar-refractivity contribution in [1.29, 1.82) is 0 Å². The summed E-state index contributed by atoms with van der Waals surface area (Å²) in [5.74, 6) is 1.33. The summed E-state index contributed by atoms with van der Waals surface area (Å²) >= 11 is 0. The summed E-state index contributed by atoms with van der Waals surface area (Å²) in [5, 5.41) is 8.65. The van der Waals surface area contributed by atoms with E-state index in [0.717, 1.165) is 40.9 Å². The van der Waals surface area contributed by atoms with Gasteiger partial charge in [0.05, 0.1) is 24.4 Å². The lowest BCUT2D eigenvalue weighted by atomic mass is 9.87. The van der Waals surface area contributed by atoms with Crippen LogP contribution in [0.2, 0.25) is 0 Å². The molecule has 3 aromatic heterocycles. The number of aromatic nitrogens is 4. The molecule has 0 atom stereocenters. The van der Waals surface area contributed by atoms with Crippen LogP contribution in [0.1, 0.15) is 54.8 Å². The van der Waals surface area contributed by atoms with Gasteiger partial charge >= 0.3 is 0 Å². The number of fused-ring (bicyclic) bond motifs is 1. The summed E-state index contributed by atoms with van der Waals surface area (Å²) in [7, 11) is 1.58. The van der Waals surface area contributed by atoms with Crippen LogP contribution in [0.3, 0.4) is 0 Å². The third-order valence-electron chi connectivity index (χ3n) is 6.33. The van der Waals surface area contributed by atoms with E-state index in [1.807, 2.05) is 25.1 Å². The molecule has 1 aliphatic rings.